The fraction of sp³-hybridized carbons (Fsp3) is 0.957. The van der Waals surface area contributed by atoms with E-state index in [-0.39, 0.29) is 11.9 Å². The van der Waals surface area contributed by atoms with E-state index < -0.39 is 22.0 Å². The van der Waals surface area contributed by atoms with Crippen molar-refractivity contribution in [3.8, 4) is 0 Å². The Hall–Kier alpha value is -1.14. The fourth-order valence-corrected chi connectivity index (χ4v) is 15.9. The summed E-state index contributed by atoms with van der Waals surface area (Å²) in [6.07, 6.45) is 27.2. The minimum absolute atomic E-state index is 0.0283. The lowest BCUT2D eigenvalue weighted by Crippen LogP contribution is -2.66. The zero-order valence-electron chi connectivity index (χ0n) is 33.0. The van der Waals surface area contributed by atoms with Crippen LogP contribution in [0.2, 0.25) is 0 Å². The van der Waals surface area contributed by atoms with Gasteiger partial charge in [0.1, 0.15) is 11.2 Å². The summed E-state index contributed by atoms with van der Waals surface area (Å²) >= 11 is 0. The van der Waals surface area contributed by atoms with Crippen molar-refractivity contribution in [1.82, 2.24) is 0 Å². The Labute approximate surface area is 315 Å². The van der Waals surface area contributed by atoms with Gasteiger partial charge in [-0.1, -0.05) is 52.4 Å². The number of carbonyl (C=O) groups excluding carboxylic acids is 2. The van der Waals surface area contributed by atoms with Crippen molar-refractivity contribution in [2.75, 3.05) is 26.4 Å². The Morgan fingerprint density at radius 1 is 0.462 bits per heavy atom. The van der Waals surface area contributed by atoms with E-state index in [4.69, 9.17) is 18.9 Å². The minimum atomic E-state index is -0.557. The molecule has 0 amide bonds. The normalized spacial score (nSPS) is 47.3. The zero-order valence-corrected chi connectivity index (χ0v) is 33.0. The average molecular weight is 721 g/mol. The Kier molecular flexibility index (Phi) is 10.1. The van der Waals surface area contributed by atoms with E-state index in [0.717, 1.165) is 81.8 Å². The smallest absolute Gasteiger partial charge is 0.312 e. The third-order valence-corrected chi connectivity index (χ3v) is 17.5. The van der Waals surface area contributed by atoms with E-state index in [1.165, 1.54) is 103 Å². The van der Waals surface area contributed by atoms with Crippen molar-refractivity contribution in [3.63, 3.8) is 0 Å². The number of carbonyl (C=O) groups is 2. The first-order chi connectivity index (χ1) is 25.3. The maximum atomic E-state index is 15.1. The summed E-state index contributed by atoms with van der Waals surface area (Å²) in [6, 6.07) is 0. The SMILES string of the molecule is CCCCCCOCC1(OC(=O)C23CC4CC(C2)CC(C(=O)OC2(COCCCCCC)C5CC6CC(C5)CC2C6)(C4)C3)C2CC3CC(C2)CC1C3. The van der Waals surface area contributed by atoms with Crippen LogP contribution in [0.4, 0.5) is 0 Å². The molecule has 12 fully saturated rings. The number of rotatable bonds is 18. The van der Waals surface area contributed by atoms with Gasteiger partial charge in [-0.25, -0.2) is 0 Å². The van der Waals surface area contributed by atoms with Crippen LogP contribution >= 0.6 is 0 Å². The van der Waals surface area contributed by atoms with Crippen LogP contribution in [0.3, 0.4) is 0 Å². The predicted octanol–water partition coefficient (Wildman–Crippen LogP) is 10.2. The lowest BCUT2D eigenvalue weighted by Gasteiger charge is -2.63. The number of unbranched alkanes of at least 4 members (excludes halogenated alkanes) is 6. The molecule has 0 radical (unpaired) electrons. The quantitative estimate of drug-likeness (QED) is 0.104. The molecule has 0 saturated heterocycles. The van der Waals surface area contributed by atoms with Gasteiger partial charge in [-0.15, -0.1) is 0 Å². The van der Waals surface area contributed by atoms with Crippen molar-refractivity contribution in [2.45, 2.75) is 179 Å². The summed E-state index contributed by atoms with van der Waals surface area (Å²) < 4.78 is 27.4. The summed E-state index contributed by atoms with van der Waals surface area (Å²) in [4.78, 5) is 30.2. The van der Waals surface area contributed by atoms with Crippen LogP contribution < -0.4 is 0 Å². The summed E-state index contributed by atoms with van der Waals surface area (Å²) in [7, 11) is 0. The first-order valence-electron chi connectivity index (χ1n) is 22.9. The lowest BCUT2D eigenvalue weighted by molar-refractivity contribution is -0.253. The molecule has 0 N–H and O–H groups in total. The van der Waals surface area contributed by atoms with Crippen molar-refractivity contribution < 1.29 is 28.5 Å². The van der Waals surface area contributed by atoms with Crippen LogP contribution in [-0.4, -0.2) is 49.6 Å². The Balaban J connectivity index is 0.939. The summed E-state index contributed by atoms with van der Waals surface area (Å²) in [5.74, 6) is 5.79. The Morgan fingerprint density at radius 3 is 1.15 bits per heavy atom. The van der Waals surface area contributed by atoms with E-state index >= 15 is 9.59 Å². The lowest BCUT2D eigenvalue weighted by atomic mass is 9.44. The van der Waals surface area contributed by atoms with Gasteiger partial charge >= 0.3 is 11.9 Å². The molecule has 12 rings (SSSR count). The molecule has 0 aromatic carbocycles. The molecule has 0 spiro atoms. The fourth-order valence-electron chi connectivity index (χ4n) is 15.9. The van der Waals surface area contributed by atoms with Gasteiger partial charge in [-0.3, -0.25) is 9.59 Å². The first-order valence-corrected chi connectivity index (χ1v) is 22.9. The van der Waals surface area contributed by atoms with Crippen molar-refractivity contribution in [1.29, 1.82) is 0 Å². The van der Waals surface area contributed by atoms with Crippen molar-refractivity contribution in [2.24, 2.45) is 70.0 Å². The molecule has 6 heteroatoms. The van der Waals surface area contributed by atoms with Crippen molar-refractivity contribution >= 4 is 11.9 Å². The molecule has 6 nitrogen and oxygen atoms in total. The summed E-state index contributed by atoms with van der Waals surface area (Å²) in [6.45, 7) is 7.18. The summed E-state index contributed by atoms with van der Waals surface area (Å²) in [5, 5.41) is 0. The van der Waals surface area contributed by atoms with E-state index in [9.17, 15) is 0 Å². The zero-order chi connectivity index (χ0) is 35.6. The van der Waals surface area contributed by atoms with Crippen LogP contribution in [0.5, 0.6) is 0 Å². The highest BCUT2D eigenvalue weighted by Gasteiger charge is 2.68. The molecule has 52 heavy (non-hydrogen) atoms. The van der Waals surface area contributed by atoms with E-state index in [1.54, 1.807) is 0 Å². The highest BCUT2D eigenvalue weighted by atomic mass is 16.6. The number of esters is 2. The molecule has 12 bridgehead atoms. The van der Waals surface area contributed by atoms with Crippen LogP contribution in [0, 0.1) is 70.0 Å². The highest BCUT2D eigenvalue weighted by Crippen LogP contribution is 2.68. The molecule has 0 unspecified atom stereocenters. The van der Waals surface area contributed by atoms with Gasteiger partial charge < -0.3 is 18.9 Å². The van der Waals surface area contributed by atoms with Gasteiger partial charge in [0.2, 0.25) is 0 Å². The molecule has 0 heterocycles. The van der Waals surface area contributed by atoms with E-state index in [0.29, 0.717) is 55.1 Å². The van der Waals surface area contributed by atoms with Gasteiger partial charge in [0.05, 0.1) is 24.0 Å². The van der Waals surface area contributed by atoms with Crippen LogP contribution in [0.25, 0.3) is 0 Å². The van der Waals surface area contributed by atoms with E-state index in [1.807, 2.05) is 0 Å². The standard InChI is InChI=1S/C46H72O6/c1-3-5-7-9-11-49-29-45(37-16-31-13-32(18-37)19-38(45)17-31)51-41(47)43-24-35-15-36(25-43)27-44(26-35,28-43)42(48)52-46(30-50-12-10-8-6-4-2)39-20-33-14-34(22-39)23-40(46)21-33/h31-40H,3-30H2,1-2H3. The Morgan fingerprint density at radius 2 is 0.808 bits per heavy atom. The maximum Gasteiger partial charge on any atom is 0.312 e. The number of ether oxygens (including phenoxy) is 4. The molecule has 12 saturated carbocycles. The third-order valence-electron chi connectivity index (χ3n) is 17.5. The van der Waals surface area contributed by atoms with Crippen LogP contribution in [-0.2, 0) is 28.5 Å². The molecule has 292 valence electrons. The first kappa shape index (κ1) is 36.5. The predicted molar refractivity (Wildman–Crippen MR) is 201 cm³/mol. The maximum absolute atomic E-state index is 15.1. The molecule has 0 aromatic heterocycles. The second-order valence-corrected chi connectivity index (χ2v) is 21.0. The molecule has 12 aliphatic rings. The van der Waals surface area contributed by atoms with Crippen molar-refractivity contribution in [3.05, 3.63) is 0 Å². The molecule has 0 atom stereocenters. The second kappa shape index (κ2) is 14.4. The van der Waals surface area contributed by atoms with Crippen LogP contribution in [0.15, 0.2) is 0 Å². The second-order valence-electron chi connectivity index (χ2n) is 21.0. The highest BCUT2D eigenvalue weighted by molar-refractivity contribution is 5.83. The number of hydrogen-bond donors (Lipinski definition) is 0. The third kappa shape index (κ3) is 6.34. The molecular weight excluding hydrogens is 648 g/mol. The Bertz CT molecular complexity index is 1140. The molecule has 0 aromatic rings. The van der Waals surface area contributed by atoms with E-state index in [2.05, 4.69) is 13.8 Å². The number of hydrogen-bond acceptors (Lipinski definition) is 6. The van der Waals surface area contributed by atoms with Gasteiger partial charge in [-0.05, 0) is 151 Å². The molecule has 0 aliphatic heterocycles. The van der Waals surface area contributed by atoms with Gasteiger partial charge in [0.25, 0.3) is 0 Å². The molecule has 12 aliphatic carbocycles. The van der Waals surface area contributed by atoms with Crippen LogP contribution in [0.1, 0.15) is 168 Å². The topological polar surface area (TPSA) is 71.1 Å². The van der Waals surface area contributed by atoms with Gasteiger partial charge in [0.15, 0.2) is 0 Å². The van der Waals surface area contributed by atoms with Gasteiger partial charge in [-0.2, -0.15) is 0 Å². The average Bonchev–Trinajstić information content (AvgIpc) is 3.10. The summed E-state index contributed by atoms with van der Waals surface area (Å²) in [5.41, 5.74) is -2.08. The monoisotopic (exact) mass is 721 g/mol. The molecular formula is C46H72O6. The largest absolute Gasteiger partial charge is 0.456 e. The van der Waals surface area contributed by atoms with Gasteiger partial charge in [0, 0.05) is 36.9 Å². The minimum Gasteiger partial charge on any atom is -0.456 e.